The van der Waals surface area contributed by atoms with Gasteiger partial charge in [0.25, 0.3) is 5.69 Å². The van der Waals surface area contributed by atoms with Gasteiger partial charge in [-0.2, -0.15) is 0 Å². The number of hydrogen-bond acceptors (Lipinski definition) is 5. The molecule has 1 unspecified atom stereocenters. The summed E-state index contributed by atoms with van der Waals surface area (Å²) in [5, 5.41) is 19.8. The number of nitro benzene ring substituents is 1. The Labute approximate surface area is 125 Å². The molecule has 0 spiro atoms. The molecule has 0 aliphatic rings. The van der Waals surface area contributed by atoms with Crippen LogP contribution in [-0.2, 0) is 16.6 Å². The fraction of sp³-hybridized carbons (Fsp3) is 0.0833. The van der Waals surface area contributed by atoms with Gasteiger partial charge >= 0.3 is 5.97 Å². The number of benzene rings is 1. The molecule has 0 aliphatic carbocycles. The van der Waals surface area contributed by atoms with Crippen molar-refractivity contribution in [2.24, 2.45) is 0 Å². The van der Waals surface area contributed by atoms with Crippen LogP contribution in [0.2, 0.25) is 5.02 Å². The first kappa shape index (κ1) is 15.2. The summed E-state index contributed by atoms with van der Waals surface area (Å²) in [7, 11) is -1.74. The number of aromatic carboxylic acids is 1. The van der Waals surface area contributed by atoms with E-state index >= 15 is 0 Å². The van der Waals surface area contributed by atoms with Crippen LogP contribution in [0.25, 0.3) is 0 Å². The molecule has 2 aromatic rings. The number of nitrogens with zero attached hydrogens (tertiary/aromatic N) is 1. The van der Waals surface area contributed by atoms with Crippen LogP contribution in [-0.4, -0.2) is 20.2 Å². The number of halogens is 1. The first-order valence-corrected chi connectivity index (χ1v) is 7.22. The third-order valence-electron chi connectivity index (χ3n) is 2.55. The van der Waals surface area contributed by atoms with E-state index in [0.717, 1.165) is 0 Å². The molecule has 0 amide bonds. The Morgan fingerprint density at radius 3 is 2.67 bits per heavy atom. The van der Waals surface area contributed by atoms with E-state index in [1.54, 1.807) is 0 Å². The van der Waals surface area contributed by atoms with Crippen LogP contribution in [0.4, 0.5) is 5.69 Å². The van der Waals surface area contributed by atoms with Gasteiger partial charge in [0.15, 0.2) is 5.09 Å². The van der Waals surface area contributed by atoms with Crippen LogP contribution < -0.4 is 0 Å². The second kappa shape index (κ2) is 6.06. The van der Waals surface area contributed by atoms with Crippen LogP contribution in [0.3, 0.4) is 0 Å². The monoisotopic (exact) mass is 329 g/mol. The molecule has 21 heavy (non-hydrogen) atoms. The normalized spacial score (nSPS) is 12.0. The van der Waals surface area contributed by atoms with Gasteiger partial charge in [-0.25, -0.2) is 4.79 Å². The molecule has 1 aromatic heterocycles. The lowest BCUT2D eigenvalue weighted by Crippen LogP contribution is -2.00. The molecule has 0 saturated carbocycles. The van der Waals surface area contributed by atoms with Crippen molar-refractivity contribution < 1.29 is 23.5 Å². The van der Waals surface area contributed by atoms with Crippen LogP contribution >= 0.6 is 11.6 Å². The highest BCUT2D eigenvalue weighted by molar-refractivity contribution is 7.84. The molecular formula is C12H8ClNO6S. The molecule has 1 atom stereocenters. The minimum atomic E-state index is -1.74. The summed E-state index contributed by atoms with van der Waals surface area (Å²) in [5.41, 5.74) is -0.0307. The van der Waals surface area contributed by atoms with Gasteiger partial charge in [-0.3, -0.25) is 14.3 Å². The van der Waals surface area contributed by atoms with Gasteiger partial charge in [-0.1, -0.05) is 11.6 Å². The number of carboxylic acid groups (broad SMARTS) is 1. The zero-order chi connectivity index (χ0) is 15.6. The number of carbonyl (C=O) groups is 1. The summed E-state index contributed by atoms with van der Waals surface area (Å²) in [6.07, 6.45) is 0. The highest BCUT2D eigenvalue weighted by atomic mass is 35.5. The van der Waals surface area contributed by atoms with Crippen molar-refractivity contribution in [1.82, 2.24) is 0 Å². The van der Waals surface area contributed by atoms with E-state index in [1.807, 2.05) is 0 Å². The number of hydrogen-bond donors (Lipinski definition) is 1. The largest absolute Gasteiger partial charge is 0.475 e. The van der Waals surface area contributed by atoms with Crippen LogP contribution in [0.1, 0.15) is 16.1 Å². The van der Waals surface area contributed by atoms with E-state index in [4.69, 9.17) is 21.1 Å². The number of rotatable bonds is 5. The van der Waals surface area contributed by atoms with Gasteiger partial charge in [0.1, 0.15) is 0 Å². The Hall–Kier alpha value is -2.19. The summed E-state index contributed by atoms with van der Waals surface area (Å²) in [6, 6.07) is 6.46. The summed E-state index contributed by atoms with van der Waals surface area (Å²) >= 11 is 5.69. The molecule has 0 aliphatic heterocycles. The van der Waals surface area contributed by atoms with Gasteiger partial charge in [-0.05, 0) is 24.3 Å². The van der Waals surface area contributed by atoms with Crippen LogP contribution in [0.15, 0.2) is 39.8 Å². The van der Waals surface area contributed by atoms with E-state index < -0.39 is 21.7 Å². The van der Waals surface area contributed by atoms with Crippen molar-refractivity contribution in [1.29, 1.82) is 0 Å². The van der Waals surface area contributed by atoms with E-state index in [-0.39, 0.29) is 32.9 Å². The lowest BCUT2D eigenvalue weighted by atomic mass is 10.2. The van der Waals surface area contributed by atoms with Crippen LogP contribution in [0, 0.1) is 10.1 Å². The molecule has 1 heterocycles. The van der Waals surface area contributed by atoms with Crippen molar-refractivity contribution in [3.05, 3.63) is 56.8 Å². The molecule has 110 valence electrons. The van der Waals surface area contributed by atoms with Crippen LogP contribution in [0.5, 0.6) is 0 Å². The molecule has 0 fully saturated rings. The maximum absolute atomic E-state index is 12.1. The third-order valence-corrected chi connectivity index (χ3v) is 4.02. The van der Waals surface area contributed by atoms with Crippen molar-refractivity contribution in [3.8, 4) is 0 Å². The lowest BCUT2D eigenvalue weighted by molar-refractivity contribution is -0.385. The molecule has 0 bridgehead atoms. The molecule has 1 N–H and O–H groups in total. The predicted molar refractivity (Wildman–Crippen MR) is 73.9 cm³/mol. The third kappa shape index (κ3) is 3.47. The lowest BCUT2D eigenvalue weighted by Gasteiger charge is -2.02. The molecule has 9 heteroatoms. The summed E-state index contributed by atoms with van der Waals surface area (Å²) in [5.74, 6) is -1.81. The first-order chi connectivity index (χ1) is 9.88. The molecule has 2 rings (SSSR count). The van der Waals surface area contributed by atoms with E-state index in [0.29, 0.717) is 0 Å². The quantitative estimate of drug-likeness (QED) is 0.667. The van der Waals surface area contributed by atoms with Gasteiger partial charge in [0, 0.05) is 16.7 Å². The van der Waals surface area contributed by atoms with Crippen molar-refractivity contribution in [2.75, 3.05) is 0 Å². The predicted octanol–water partition coefficient (Wildman–Crippen LogP) is 2.85. The first-order valence-electron chi connectivity index (χ1n) is 5.53. The van der Waals surface area contributed by atoms with E-state index in [2.05, 4.69) is 0 Å². The smallest absolute Gasteiger partial charge is 0.371 e. The maximum atomic E-state index is 12.1. The van der Waals surface area contributed by atoms with Crippen molar-refractivity contribution in [3.63, 3.8) is 0 Å². The summed E-state index contributed by atoms with van der Waals surface area (Å²) in [4.78, 5) is 21.0. The fourth-order valence-corrected chi connectivity index (χ4v) is 2.84. The van der Waals surface area contributed by atoms with Gasteiger partial charge in [0.2, 0.25) is 5.76 Å². The minimum Gasteiger partial charge on any atom is -0.475 e. The molecule has 0 radical (unpaired) electrons. The highest BCUT2D eigenvalue weighted by Crippen LogP contribution is 2.26. The maximum Gasteiger partial charge on any atom is 0.371 e. The standard InChI is InChI=1S/C12H8ClNO6S/c13-8-2-1-7(9(5-8)14(17)18)6-21(19)11-4-3-10(20-11)12(15)16/h1-5H,6H2,(H,15,16). The second-order valence-electron chi connectivity index (χ2n) is 3.94. The average Bonchev–Trinajstić information content (AvgIpc) is 2.90. The average molecular weight is 330 g/mol. The SMILES string of the molecule is O=C(O)c1ccc(S(=O)Cc2ccc(Cl)cc2[N+](=O)[O-])o1. The Kier molecular flexibility index (Phi) is 4.39. The summed E-state index contributed by atoms with van der Waals surface area (Å²) in [6.45, 7) is 0. The van der Waals surface area contributed by atoms with Crippen molar-refractivity contribution >= 4 is 34.1 Å². The zero-order valence-electron chi connectivity index (χ0n) is 10.3. The van der Waals surface area contributed by atoms with Crippen molar-refractivity contribution in [2.45, 2.75) is 10.8 Å². The second-order valence-corrected chi connectivity index (χ2v) is 5.76. The highest BCUT2D eigenvalue weighted by Gasteiger charge is 2.20. The van der Waals surface area contributed by atoms with E-state index in [1.165, 1.54) is 30.3 Å². The van der Waals surface area contributed by atoms with Gasteiger partial charge in [-0.15, -0.1) is 0 Å². The molecule has 7 nitrogen and oxygen atoms in total. The minimum absolute atomic E-state index is 0.0587. The van der Waals surface area contributed by atoms with E-state index in [9.17, 15) is 19.1 Å². The summed E-state index contributed by atoms with van der Waals surface area (Å²) < 4.78 is 17.0. The molecular weight excluding hydrogens is 322 g/mol. The zero-order valence-corrected chi connectivity index (χ0v) is 11.9. The Morgan fingerprint density at radius 1 is 1.38 bits per heavy atom. The number of furan rings is 1. The molecule has 0 saturated heterocycles. The Bertz CT molecular complexity index is 741. The van der Waals surface area contributed by atoms with Gasteiger partial charge < -0.3 is 9.52 Å². The number of nitro groups is 1. The molecule has 1 aromatic carbocycles. The Balaban J connectivity index is 2.27. The number of carboxylic acids is 1. The Morgan fingerprint density at radius 2 is 2.10 bits per heavy atom. The fourth-order valence-electron chi connectivity index (χ4n) is 1.60. The topological polar surface area (TPSA) is 111 Å². The van der Waals surface area contributed by atoms with Gasteiger partial charge in [0.05, 0.1) is 21.5 Å².